The zero-order valence-electron chi connectivity index (χ0n) is 13.0. The van der Waals surface area contributed by atoms with Gasteiger partial charge in [-0.2, -0.15) is 0 Å². The Labute approximate surface area is 140 Å². The molecule has 0 saturated heterocycles. The molecule has 2 aromatic carbocycles. The average molecular weight is 340 g/mol. The first-order valence-electron chi connectivity index (χ1n) is 7.27. The van der Waals surface area contributed by atoms with Crippen molar-refractivity contribution in [3.63, 3.8) is 0 Å². The molecule has 0 aliphatic heterocycles. The number of aromatic nitrogens is 1. The van der Waals surface area contributed by atoms with Crippen LogP contribution in [0.4, 0.5) is 11.5 Å². The molecule has 0 saturated carbocycles. The number of nitrogens with zero attached hydrogens (tertiary/aromatic N) is 1. The lowest BCUT2D eigenvalue weighted by Gasteiger charge is -2.11. The minimum atomic E-state index is -3.63. The minimum absolute atomic E-state index is 0.159. The summed E-state index contributed by atoms with van der Waals surface area (Å²) in [7, 11) is -2.13. The summed E-state index contributed by atoms with van der Waals surface area (Å²) in [6.45, 7) is 0. The molecule has 5 nitrogen and oxygen atoms in total. The fourth-order valence-electron chi connectivity index (χ4n) is 2.24. The molecule has 24 heavy (non-hydrogen) atoms. The van der Waals surface area contributed by atoms with Gasteiger partial charge in [-0.15, -0.1) is 0 Å². The van der Waals surface area contributed by atoms with Crippen LogP contribution in [0.5, 0.6) is 5.75 Å². The Bertz CT molecular complexity index is 927. The van der Waals surface area contributed by atoms with E-state index in [0.717, 1.165) is 0 Å². The molecule has 0 aliphatic rings. The summed E-state index contributed by atoms with van der Waals surface area (Å²) in [4.78, 5) is 4.57. The Morgan fingerprint density at radius 2 is 1.67 bits per heavy atom. The van der Waals surface area contributed by atoms with E-state index < -0.39 is 9.84 Å². The van der Waals surface area contributed by atoms with E-state index in [0.29, 0.717) is 17.3 Å². The summed E-state index contributed by atoms with van der Waals surface area (Å²) in [5.74, 6) is 1.07. The van der Waals surface area contributed by atoms with Crippen molar-refractivity contribution < 1.29 is 13.2 Å². The number of methoxy groups -OCH3 is 1. The van der Waals surface area contributed by atoms with Crippen LogP contribution < -0.4 is 10.1 Å². The van der Waals surface area contributed by atoms with Crippen molar-refractivity contribution in [1.82, 2.24) is 4.98 Å². The molecule has 0 aliphatic carbocycles. The summed E-state index contributed by atoms with van der Waals surface area (Å²) in [6, 6.07) is 18.5. The third-order valence-corrected chi connectivity index (χ3v) is 5.17. The fraction of sp³-hybridized carbons (Fsp3) is 0.0556. The quantitative estimate of drug-likeness (QED) is 0.767. The molecule has 0 radical (unpaired) electrons. The molecule has 122 valence electrons. The minimum Gasteiger partial charge on any atom is -0.497 e. The number of rotatable bonds is 5. The number of nitrogens with one attached hydrogen (secondary N) is 1. The summed E-state index contributed by atoms with van der Waals surface area (Å²) in [5, 5.41) is 3.09. The number of benzene rings is 2. The van der Waals surface area contributed by atoms with Crippen LogP contribution in [0.25, 0.3) is 0 Å². The van der Waals surface area contributed by atoms with Crippen molar-refractivity contribution in [2.75, 3.05) is 12.4 Å². The van der Waals surface area contributed by atoms with E-state index in [1.54, 1.807) is 54.7 Å². The predicted octanol–water partition coefficient (Wildman–Crippen LogP) is 3.67. The molecule has 1 N–H and O–H groups in total. The molecule has 0 amide bonds. The van der Waals surface area contributed by atoms with E-state index in [1.165, 1.54) is 13.2 Å². The Morgan fingerprint density at radius 1 is 0.917 bits per heavy atom. The van der Waals surface area contributed by atoms with Crippen molar-refractivity contribution in [2.24, 2.45) is 0 Å². The summed E-state index contributed by atoms with van der Waals surface area (Å²) < 4.78 is 30.9. The number of hydrogen-bond donors (Lipinski definition) is 1. The highest BCUT2D eigenvalue weighted by Gasteiger charge is 2.19. The van der Waals surface area contributed by atoms with Gasteiger partial charge in [0.2, 0.25) is 9.84 Å². The molecular formula is C18H16N2O3S. The maximum Gasteiger partial charge on any atom is 0.206 e. The lowest BCUT2D eigenvalue weighted by Crippen LogP contribution is -2.03. The highest BCUT2D eigenvalue weighted by molar-refractivity contribution is 7.91. The van der Waals surface area contributed by atoms with Crippen molar-refractivity contribution in [3.05, 3.63) is 72.9 Å². The van der Waals surface area contributed by atoms with E-state index in [9.17, 15) is 8.42 Å². The molecule has 6 heteroatoms. The number of pyridine rings is 1. The van der Waals surface area contributed by atoms with Crippen molar-refractivity contribution >= 4 is 21.3 Å². The van der Waals surface area contributed by atoms with Gasteiger partial charge in [-0.1, -0.05) is 24.3 Å². The lowest BCUT2D eigenvalue weighted by molar-refractivity contribution is 0.413. The van der Waals surface area contributed by atoms with Gasteiger partial charge in [0, 0.05) is 18.0 Å². The standard InChI is InChI=1S/C18H16N2O3S/c1-23-15-11-14(20-18-9-5-6-10-19-18)12-17(13-15)24(21,22)16-7-3-2-4-8-16/h2-13H,1H3,(H,19,20). The Hall–Kier alpha value is -2.86. The Balaban J connectivity index is 2.04. The van der Waals surface area contributed by atoms with E-state index >= 15 is 0 Å². The molecule has 3 rings (SSSR count). The molecule has 0 bridgehead atoms. The van der Waals surface area contributed by atoms with Crippen LogP contribution in [0.1, 0.15) is 0 Å². The van der Waals surface area contributed by atoms with Gasteiger partial charge in [0.1, 0.15) is 11.6 Å². The van der Waals surface area contributed by atoms with Gasteiger partial charge in [0.05, 0.1) is 16.9 Å². The highest BCUT2D eigenvalue weighted by atomic mass is 32.2. The topological polar surface area (TPSA) is 68.3 Å². The molecule has 3 aromatic rings. The second-order valence-electron chi connectivity index (χ2n) is 5.05. The molecule has 1 heterocycles. The van der Waals surface area contributed by atoms with Gasteiger partial charge in [-0.3, -0.25) is 0 Å². The van der Waals surface area contributed by atoms with Gasteiger partial charge >= 0.3 is 0 Å². The van der Waals surface area contributed by atoms with E-state index in [-0.39, 0.29) is 9.79 Å². The van der Waals surface area contributed by atoms with E-state index in [1.807, 2.05) is 12.1 Å². The predicted molar refractivity (Wildman–Crippen MR) is 92.4 cm³/mol. The SMILES string of the molecule is COc1cc(Nc2ccccn2)cc(S(=O)(=O)c2ccccc2)c1. The molecular weight excluding hydrogens is 324 g/mol. The van der Waals surface area contributed by atoms with Crippen LogP contribution in [0, 0.1) is 0 Å². The molecule has 0 atom stereocenters. The van der Waals surface area contributed by atoms with Crippen molar-refractivity contribution in [3.8, 4) is 5.75 Å². The number of hydrogen-bond acceptors (Lipinski definition) is 5. The summed E-state index contributed by atoms with van der Waals surface area (Å²) in [5.41, 5.74) is 0.586. The van der Waals surface area contributed by atoms with Crippen LogP contribution >= 0.6 is 0 Å². The van der Waals surface area contributed by atoms with Gasteiger partial charge in [-0.05, 0) is 36.4 Å². The summed E-state index contributed by atoms with van der Waals surface area (Å²) in [6.07, 6.45) is 1.66. The molecule has 0 fully saturated rings. The molecule has 1 aromatic heterocycles. The molecule has 0 unspecified atom stereocenters. The number of anilines is 2. The van der Waals surface area contributed by atoms with Crippen LogP contribution in [0.3, 0.4) is 0 Å². The first-order chi connectivity index (χ1) is 11.6. The van der Waals surface area contributed by atoms with Crippen LogP contribution in [0.15, 0.2) is 82.7 Å². The zero-order chi connectivity index (χ0) is 17.0. The zero-order valence-corrected chi connectivity index (χ0v) is 13.8. The number of ether oxygens (including phenoxy) is 1. The van der Waals surface area contributed by atoms with E-state index in [2.05, 4.69) is 10.3 Å². The monoisotopic (exact) mass is 340 g/mol. The average Bonchev–Trinajstić information content (AvgIpc) is 2.63. The van der Waals surface area contributed by atoms with Gasteiger partial charge in [0.15, 0.2) is 0 Å². The van der Waals surface area contributed by atoms with E-state index in [4.69, 9.17) is 4.74 Å². The third-order valence-electron chi connectivity index (χ3n) is 3.42. The fourth-order valence-corrected chi connectivity index (χ4v) is 3.58. The first kappa shape index (κ1) is 16.0. The van der Waals surface area contributed by atoms with Crippen LogP contribution in [-0.2, 0) is 9.84 Å². The smallest absolute Gasteiger partial charge is 0.206 e. The summed E-state index contributed by atoms with van der Waals surface area (Å²) >= 11 is 0. The van der Waals surface area contributed by atoms with Gasteiger partial charge < -0.3 is 10.1 Å². The third kappa shape index (κ3) is 3.38. The van der Waals surface area contributed by atoms with Crippen molar-refractivity contribution in [1.29, 1.82) is 0 Å². The maximum absolute atomic E-state index is 12.8. The Morgan fingerprint density at radius 3 is 2.33 bits per heavy atom. The number of sulfone groups is 1. The molecule has 0 spiro atoms. The lowest BCUT2D eigenvalue weighted by atomic mass is 10.3. The van der Waals surface area contributed by atoms with Crippen molar-refractivity contribution in [2.45, 2.75) is 9.79 Å². The maximum atomic E-state index is 12.8. The van der Waals surface area contributed by atoms with Crippen LogP contribution in [0.2, 0.25) is 0 Å². The van der Waals surface area contributed by atoms with Gasteiger partial charge in [0.25, 0.3) is 0 Å². The second kappa shape index (κ2) is 6.72. The van der Waals surface area contributed by atoms with Crippen LogP contribution in [-0.4, -0.2) is 20.5 Å². The Kier molecular flexibility index (Phi) is 4.48. The normalized spacial score (nSPS) is 11.0. The highest BCUT2D eigenvalue weighted by Crippen LogP contribution is 2.29. The first-order valence-corrected chi connectivity index (χ1v) is 8.75. The second-order valence-corrected chi connectivity index (χ2v) is 7.00. The largest absolute Gasteiger partial charge is 0.497 e. The van der Waals surface area contributed by atoms with Gasteiger partial charge in [-0.25, -0.2) is 13.4 Å².